The summed E-state index contributed by atoms with van der Waals surface area (Å²) in [7, 11) is 1.68. The molecule has 1 heterocycles. The molecule has 8 heteroatoms. The molecule has 21 heavy (non-hydrogen) atoms. The van der Waals surface area contributed by atoms with Gasteiger partial charge in [-0.3, -0.25) is 9.48 Å². The first-order chi connectivity index (χ1) is 9.79. The molecular weight excluding hydrogens is 290 g/mol. The van der Waals surface area contributed by atoms with Crippen LogP contribution in [0, 0.1) is 5.82 Å². The van der Waals surface area contributed by atoms with Crippen molar-refractivity contribution in [2.24, 2.45) is 7.05 Å². The number of alkyl halides is 3. The number of hydrogen-bond donors (Lipinski definition) is 1. The fraction of sp³-hybridized carbons (Fsp3) is 0.231. The van der Waals surface area contributed by atoms with Gasteiger partial charge in [-0.05, 0) is 12.1 Å². The number of nitrogens with zero attached hydrogens (tertiary/aromatic N) is 2. The highest BCUT2D eigenvalue weighted by Gasteiger charge is 2.35. The van der Waals surface area contributed by atoms with Crippen LogP contribution in [0.3, 0.4) is 0 Å². The summed E-state index contributed by atoms with van der Waals surface area (Å²) in [5, 5.41) is 6.22. The SMILES string of the molecule is Cn1cc(CNC(=O)c2cccc(C(F)(F)F)c2F)cn1. The fourth-order valence-electron chi connectivity index (χ4n) is 1.77. The smallest absolute Gasteiger partial charge is 0.348 e. The quantitative estimate of drug-likeness (QED) is 0.886. The molecule has 0 radical (unpaired) electrons. The summed E-state index contributed by atoms with van der Waals surface area (Å²) in [4.78, 5) is 11.8. The van der Waals surface area contributed by atoms with Crippen LogP contribution in [0.5, 0.6) is 0 Å². The van der Waals surface area contributed by atoms with Crippen LogP contribution in [-0.2, 0) is 19.8 Å². The van der Waals surface area contributed by atoms with Crippen LogP contribution in [-0.4, -0.2) is 15.7 Å². The number of benzene rings is 1. The Morgan fingerprint density at radius 3 is 2.67 bits per heavy atom. The second-order valence-electron chi connectivity index (χ2n) is 4.37. The van der Waals surface area contributed by atoms with Crippen LogP contribution in [0.4, 0.5) is 17.6 Å². The van der Waals surface area contributed by atoms with E-state index in [4.69, 9.17) is 0 Å². The van der Waals surface area contributed by atoms with Gasteiger partial charge in [0.05, 0.1) is 17.3 Å². The Kier molecular flexibility index (Phi) is 3.97. The van der Waals surface area contributed by atoms with Crippen molar-refractivity contribution in [2.45, 2.75) is 12.7 Å². The van der Waals surface area contributed by atoms with E-state index in [2.05, 4.69) is 10.4 Å². The van der Waals surface area contributed by atoms with Crippen molar-refractivity contribution < 1.29 is 22.4 Å². The summed E-state index contributed by atoms with van der Waals surface area (Å²) in [6.45, 7) is 0.0440. The van der Waals surface area contributed by atoms with Crippen LogP contribution in [0.15, 0.2) is 30.6 Å². The Morgan fingerprint density at radius 1 is 1.38 bits per heavy atom. The van der Waals surface area contributed by atoms with Gasteiger partial charge in [-0.2, -0.15) is 18.3 Å². The Morgan fingerprint density at radius 2 is 2.10 bits per heavy atom. The van der Waals surface area contributed by atoms with Crippen molar-refractivity contribution in [3.05, 3.63) is 53.1 Å². The standard InChI is InChI=1S/C13H11F4N3O/c1-20-7-8(6-19-20)5-18-12(21)9-3-2-4-10(11(9)14)13(15,16)17/h2-4,6-7H,5H2,1H3,(H,18,21). The number of carbonyl (C=O) groups excluding carboxylic acids is 1. The van der Waals surface area contributed by atoms with Crippen LogP contribution < -0.4 is 5.32 Å². The van der Waals surface area contributed by atoms with Gasteiger partial charge in [0.1, 0.15) is 5.82 Å². The van der Waals surface area contributed by atoms with Gasteiger partial charge in [0, 0.05) is 25.4 Å². The van der Waals surface area contributed by atoms with E-state index in [-0.39, 0.29) is 6.54 Å². The Bertz CT molecular complexity index is 664. The highest BCUT2D eigenvalue weighted by Crippen LogP contribution is 2.32. The molecule has 4 nitrogen and oxygen atoms in total. The largest absolute Gasteiger partial charge is 0.419 e. The zero-order valence-electron chi connectivity index (χ0n) is 10.9. The summed E-state index contributed by atoms with van der Waals surface area (Å²) in [6.07, 6.45) is -1.73. The van der Waals surface area contributed by atoms with Crippen molar-refractivity contribution >= 4 is 5.91 Å². The van der Waals surface area contributed by atoms with E-state index in [1.54, 1.807) is 13.2 Å². The number of aryl methyl sites for hydroxylation is 1. The lowest BCUT2D eigenvalue weighted by Gasteiger charge is -2.11. The molecule has 0 spiro atoms. The maximum Gasteiger partial charge on any atom is 0.419 e. The molecule has 0 aliphatic carbocycles. The van der Waals surface area contributed by atoms with Gasteiger partial charge < -0.3 is 5.32 Å². The predicted octanol–water partition coefficient (Wildman–Crippen LogP) is 2.51. The van der Waals surface area contributed by atoms with E-state index in [0.29, 0.717) is 11.6 Å². The van der Waals surface area contributed by atoms with E-state index >= 15 is 0 Å². The van der Waals surface area contributed by atoms with Crippen LogP contribution in [0.25, 0.3) is 0 Å². The molecule has 2 aromatic rings. The molecule has 2 rings (SSSR count). The first-order valence-corrected chi connectivity index (χ1v) is 5.90. The number of hydrogen-bond acceptors (Lipinski definition) is 2. The number of halogens is 4. The van der Waals surface area contributed by atoms with Gasteiger partial charge in [-0.25, -0.2) is 4.39 Å². The molecule has 1 aromatic heterocycles. The maximum absolute atomic E-state index is 13.8. The molecule has 1 amide bonds. The topological polar surface area (TPSA) is 46.9 Å². The van der Waals surface area contributed by atoms with Crippen LogP contribution in [0.2, 0.25) is 0 Å². The third-order valence-corrected chi connectivity index (χ3v) is 2.76. The first-order valence-electron chi connectivity index (χ1n) is 5.90. The molecule has 0 bridgehead atoms. The molecule has 0 saturated carbocycles. The monoisotopic (exact) mass is 301 g/mol. The van der Waals surface area contributed by atoms with Gasteiger partial charge in [-0.1, -0.05) is 6.07 Å². The number of carbonyl (C=O) groups is 1. The fourth-order valence-corrected chi connectivity index (χ4v) is 1.77. The number of amides is 1. The summed E-state index contributed by atoms with van der Waals surface area (Å²) >= 11 is 0. The summed E-state index contributed by atoms with van der Waals surface area (Å²) < 4.78 is 52.9. The van der Waals surface area contributed by atoms with Gasteiger partial charge in [0.25, 0.3) is 5.91 Å². The van der Waals surface area contributed by atoms with Gasteiger partial charge in [0.2, 0.25) is 0 Å². The van der Waals surface area contributed by atoms with Gasteiger partial charge in [0.15, 0.2) is 0 Å². The average molecular weight is 301 g/mol. The summed E-state index contributed by atoms with van der Waals surface area (Å²) in [6, 6.07) is 2.58. The minimum Gasteiger partial charge on any atom is -0.348 e. The molecule has 0 unspecified atom stereocenters. The zero-order valence-corrected chi connectivity index (χ0v) is 10.9. The van der Waals surface area contributed by atoms with Crippen molar-refractivity contribution in [3.63, 3.8) is 0 Å². The Labute approximate surface area is 117 Å². The molecule has 0 aliphatic heterocycles. The lowest BCUT2D eigenvalue weighted by molar-refractivity contribution is -0.140. The molecule has 0 atom stereocenters. The number of nitrogens with one attached hydrogen (secondary N) is 1. The van der Waals surface area contributed by atoms with Crippen molar-refractivity contribution in [2.75, 3.05) is 0 Å². The molecule has 0 fully saturated rings. The van der Waals surface area contributed by atoms with E-state index in [1.807, 2.05) is 0 Å². The zero-order chi connectivity index (χ0) is 15.6. The van der Waals surface area contributed by atoms with Gasteiger partial charge >= 0.3 is 6.18 Å². The third-order valence-electron chi connectivity index (χ3n) is 2.76. The molecule has 0 saturated heterocycles. The third kappa shape index (κ3) is 3.39. The second-order valence-corrected chi connectivity index (χ2v) is 4.37. The van der Waals surface area contributed by atoms with Gasteiger partial charge in [-0.15, -0.1) is 0 Å². The minimum absolute atomic E-state index is 0.0440. The predicted molar refractivity (Wildman–Crippen MR) is 65.8 cm³/mol. The lowest BCUT2D eigenvalue weighted by Crippen LogP contribution is -2.25. The van der Waals surface area contributed by atoms with Crippen LogP contribution >= 0.6 is 0 Å². The number of rotatable bonds is 3. The minimum atomic E-state index is -4.84. The average Bonchev–Trinajstić information content (AvgIpc) is 2.80. The molecule has 1 N–H and O–H groups in total. The maximum atomic E-state index is 13.8. The van der Waals surface area contributed by atoms with Crippen LogP contribution in [0.1, 0.15) is 21.5 Å². The summed E-state index contributed by atoms with van der Waals surface area (Å²) in [5.74, 6) is -2.49. The second kappa shape index (κ2) is 5.55. The highest BCUT2D eigenvalue weighted by molar-refractivity contribution is 5.94. The molecule has 112 valence electrons. The Hall–Kier alpha value is -2.38. The number of aromatic nitrogens is 2. The van der Waals surface area contributed by atoms with E-state index in [0.717, 1.165) is 12.1 Å². The van der Waals surface area contributed by atoms with E-state index < -0.39 is 29.0 Å². The molecular formula is C13H11F4N3O. The highest BCUT2D eigenvalue weighted by atomic mass is 19.4. The van der Waals surface area contributed by atoms with E-state index in [9.17, 15) is 22.4 Å². The van der Waals surface area contributed by atoms with Crippen molar-refractivity contribution in [3.8, 4) is 0 Å². The molecule has 1 aromatic carbocycles. The first kappa shape index (κ1) is 15.0. The lowest BCUT2D eigenvalue weighted by atomic mass is 10.1. The normalized spacial score (nSPS) is 11.5. The molecule has 0 aliphatic rings. The van der Waals surface area contributed by atoms with Crippen molar-refractivity contribution in [1.29, 1.82) is 0 Å². The van der Waals surface area contributed by atoms with E-state index in [1.165, 1.54) is 10.9 Å². The Balaban J connectivity index is 2.16. The van der Waals surface area contributed by atoms with Crippen molar-refractivity contribution in [1.82, 2.24) is 15.1 Å². The summed E-state index contributed by atoms with van der Waals surface area (Å²) in [5.41, 5.74) is -1.46.